The number of likely N-dealkylation sites (N-methyl/N-ethyl adjacent to an activating group) is 1. The Kier molecular flexibility index (Phi) is 6.93. The predicted octanol–water partition coefficient (Wildman–Crippen LogP) is 2.86. The predicted molar refractivity (Wildman–Crippen MR) is 121 cm³/mol. The van der Waals surface area contributed by atoms with E-state index in [9.17, 15) is 14.4 Å². The fourth-order valence-corrected chi connectivity index (χ4v) is 4.67. The fraction of sp³-hybridized carbons (Fsp3) is 0.400. The molecule has 0 spiro atoms. The van der Waals surface area contributed by atoms with Gasteiger partial charge >= 0.3 is 12.1 Å². The lowest BCUT2D eigenvalue weighted by molar-refractivity contribution is -0.150. The van der Waals surface area contributed by atoms with Gasteiger partial charge < -0.3 is 24.8 Å². The van der Waals surface area contributed by atoms with Gasteiger partial charge in [-0.25, -0.2) is 4.79 Å². The molecule has 1 saturated heterocycles. The van der Waals surface area contributed by atoms with E-state index in [1.54, 1.807) is 6.92 Å². The van der Waals surface area contributed by atoms with E-state index in [2.05, 4.69) is 29.6 Å². The molecule has 2 aromatic rings. The SMILES string of the molecule is CCN(CC(=O)O)C(=O)[C@@H]1OCC[C@@H]1CNC(=O)OCC1c2ccccc2-c2ccccc21. The third kappa shape index (κ3) is 4.85. The molecule has 2 atom stereocenters. The first-order valence-electron chi connectivity index (χ1n) is 11.2. The first kappa shape index (κ1) is 22.8. The van der Waals surface area contributed by atoms with E-state index >= 15 is 0 Å². The number of fused-ring (bicyclic) bond motifs is 3. The molecule has 1 aliphatic heterocycles. The van der Waals surface area contributed by atoms with Gasteiger partial charge in [0.05, 0.1) is 0 Å². The van der Waals surface area contributed by atoms with Crippen LogP contribution in [0.5, 0.6) is 0 Å². The molecule has 0 aromatic heterocycles. The van der Waals surface area contributed by atoms with Crippen molar-refractivity contribution in [2.24, 2.45) is 5.92 Å². The van der Waals surface area contributed by atoms with Gasteiger partial charge in [0.2, 0.25) is 0 Å². The largest absolute Gasteiger partial charge is 0.480 e. The van der Waals surface area contributed by atoms with Gasteiger partial charge in [0.1, 0.15) is 19.3 Å². The summed E-state index contributed by atoms with van der Waals surface area (Å²) >= 11 is 0. The Morgan fingerprint density at radius 1 is 1.09 bits per heavy atom. The minimum absolute atomic E-state index is 0.0265. The second-order valence-electron chi connectivity index (χ2n) is 8.29. The summed E-state index contributed by atoms with van der Waals surface area (Å²) in [5, 5.41) is 11.8. The van der Waals surface area contributed by atoms with Crippen molar-refractivity contribution in [1.29, 1.82) is 0 Å². The molecule has 174 valence electrons. The summed E-state index contributed by atoms with van der Waals surface area (Å²) in [5.74, 6) is -1.70. The van der Waals surface area contributed by atoms with Crippen molar-refractivity contribution < 1.29 is 29.0 Å². The number of alkyl carbamates (subject to hydrolysis) is 1. The van der Waals surface area contributed by atoms with E-state index in [0.717, 1.165) is 22.3 Å². The molecule has 0 saturated carbocycles. The zero-order valence-corrected chi connectivity index (χ0v) is 18.5. The van der Waals surface area contributed by atoms with Crippen LogP contribution in [0.25, 0.3) is 11.1 Å². The number of rotatable bonds is 8. The first-order valence-corrected chi connectivity index (χ1v) is 11.2. The molecule has 4 rings (SSSR count). The Morgan fingerprint density at radius 2 is 1.73 bits per heavy atom. The molecule has 2 amide bonds. The summed E-state index contributed by atoms with van der Waals surface area (Å²) in [4.78, 5) is 37.4. The number of hydrogen-bond donors (Lipinski definition) is 2. The summed E-state index contributed by atoms with van der Waals surface area (Å²) in [5.41, 5.74) is 4.60. The Balaban J connectivity index is 1.33. The number of ether oxygens (including phenoxy) is 2. The minimum atomic E-state index is -1.07. The molecule has 2 aromatic carbocycles. The van der Waals surface area contributed by atoms with Crippen molar-refractivity contribution in [3.05, 3.63) is 59.7 Å². The third-order valence-corrected chi connectivity index (χ3v) is 6.33. The van der Waals surface area contributed by atoms with E-state index in [1.165, 1.54) is 4.90 Å². The number of carbonyl (C=O) groups is 3. The number of amides is 2. The number of hydrogen-bond acceptors (Lipinski definition) is 5. The van der Waals surface area contributed by atoms with Crippen LogP contribution in [0.2, 0.25) is 0 Å². The number of benzene rings is 2. The monoisotopic (exact) mass is 452 g/mol. The summed E-state index contributed by atoms with van der Waals surface area (Å²) in [6.07, 6.45) is -0.712. The highest BCUT2D eigenvalue weighted by Crippen LogP contribution is 2.44. The summed E-state index contributed by atoms with van der Waals surface area (Å²) in [6.45, 7) is 2.44. The smallest absolute Gasteiger partial charge is 0.407 e. The van der Waals surface area contributed by atoms with E-state index in [4.69, 9.17) is 14.6 Å². The van der Waals surface area contributed by atoms with Gasteiger partial charge in [0.25, 0.3) is 5.91 Å². The molecule has 2 aliphatic rings. The highest BCUT2D eigenvalue weighted by molar-refractivity contribution is 5.85. The average Bonchev–Trinajstić information content (AvgIpc) is 3.42. The Hall–Kier alpha value is -3.39. The highest BCUT2D eigenvalue weighted by Gasteiger charge is 2.37. The van der Waals surface area contributed by atoms with Crippen LogP contribution in [0.15, 0.2) is 48.5 Å². The van der Waals surface area contributed by atoms with E-state index in [-0.39, 0.29) is 44.0 Å². The maximum Gasteiger partial charge on any atom is 0.407 e. The van der Waals surface area contributed by atoms with Crippen LogP contribution in [-0.4, -0.2) is 66.9 Å². The topological polar surface area (TPSA) is 105 Å². The zero-order chi connectivity index (χ0) is 23.4. The van der Waals surface area contributed by atoms with Crippen LogP contribution in [0.3, 0.4) is 0 Å². The van der Waals surface area contributed by atoms with Gasteiger partial charge in [0, 0.05) is 31.5 Å². The molecule has 2 N–H and O–H groups in total. The number of nitrogens with zero attached hydrogens (tertiary/aromatic N) is 1. The van der Waals surface area contributed by atoms with E-state index in [0.29, 0.717) is 13.0 Å². The number of aliphatic carboxylic acids is 1. The van der Waals surface area contributed by atoms with Gasteiger partial charge in [-0.2, -0.15) is 0 Å². The van der Waals surface area contributed by atoms with Crippen LogP contribution in [-0.2, 0) is 19.1 Å². The van der Waals surface area contributed by atoms with Crippen LogP contribution in [0, 0.1) is 5.92 Å². The van der Waals surface area contributed by atoms with Crippen molar-refractivity contribution in [3.8, 4) is 11.1 Å². The highest BCUT2D eigenvalue weighted by atomic mass is 16.5. The number of nitrogens with one attached hydrogen (secondary N) is 1. The normalized spacial score (nSPS) is 18.9. The van der Waals surface area contributed by atoms with Crippen molar-refractivity contribution >= 4 is 18.0 Å². The molecule has 0 unspecified atom stereocenters. The maximum atomic E-state index is 12.7. The number of carboxylic acid groups (broad SMARTS) is 1. The molecule has 0 radical (unpaired) electrons. The van der Waals surface area contributed by atoms with Gasteiger partial charge in [-0.15, -0.1) is 0 Å². The number of carbonyl (C=O) groups excluding carboxylic acids is 2. The lowest BCUT2D eigenvalue weighted by Gasteiger charge is -2.25. The Labute approximate surface area is 192 Å². The second kappa shape index (κ2) is 10.0. The van der Waals surface area contributed by atoms with Gasteiger partial charge in [0.15, 0.2) is 0 Å². The van der Waals surface area contributed by atoms with Crippen molar-refractivity contribution in [2.45, 2.75) is 25.4 Å². The van der Waals surface area contributed by atoms with Gasteiger partial charge in [-0.1, -0.05) is 48.5 Å². The quantitative estimate of drug-likeness (QED) is 0.638. The second-order valence-corrected chi connectivity index (χ2v) is 8.29. The van der Waals surface area contributed by atoms with Crippen molar-refractivity contribution in [3.63, 3.8) is 0 Å². The molecule has 33 heavy (non-hydrogen) atoms. The minimum Gasteiger partial charge on any atom is -0.480 e. The standard InChI is InChI=1S/C25H28N2O6/c1-2-27(14-22(28)29)24(30)23-16(11-12-32-23)13-26-25(31)33-15-21-19-9-5-3-7-17(19)18-8-4-6-10-20(18)21/h3-10,16,21,23H,2,11-15H2,1H3,(H,26,31)(H,28,29)/t16-,23-/m1/s1. The first-order chi connectivity index (χ1) is 16.0. The zero-order valence-electron chi connectivity index (χ0n) is 18.5. The summed E-state index contributed by atoms with van der Waals surface area (Å²) in [6, 6.07) is 16.3. The van der Waals surface area contributed by atoms with Crippen molar-refractivity contribution in [2.75, 3.05) is 32.8 Å². The molecule has 1 aliphatic carbocycles. The molecule has 8 heteroatoms. The van der Waals surface area contributed by atoms with Crippen LogP contribution >= 0.6 is 0 Å². The van der Waals surface area contributed by atoms with Crippen LogP contribution in [0.1, 0.15) is 30.4 Å². The van der Waals surface area contributed by atoms with Crippen LogP contribution in [0.4, 0.5) is 4.79 Å². The molecule has 1 heterocycles. The summed E-state index contributed by atoms with van der Waals surface area (Å²) < 4.78 is 11.1. The molecule has 8 nitrogen and oxygen atoms in total. The van der Waals surface area contributed by atoms with Crippen molar-refractivity contribution in [1.82, 2.24) is 10.2 Å². The Bertz CT molecular complexity index is 994. The van der Waals surface area contributed by atoms with Gasteiger partial charge in [-0.05, 0) is 35.6 Å². The van der Waals surface area contributed by atoms with Crippen LogP contribution < -0.4 is 5.32 Å². The summed E-state index contributed by atoms with van der Waals surface area (Å²) in [7, 11) is 0. The molecule has 1 fully saturated rings. The van der Waals surface area contributed by atoms with Gasteiger partial charge in [-0.3, -0.25) is 9.59 Å². The number of carboxylic acids is 1. The fourth-order valence-electron chi connectivity index (χ4n) is 4.67. The average molecular weight is 453 g/mol. The lowest BCUT2D eigenvalue weighted by atomic mass is 9.98. The lowest BCUT2D eigenvalue weighted by Crippen LogP contribution is -2.46. The Morgan fingerprint density at radius 3 is 2.33 bits per heavy atom. The molecule has 0 bridgehead atoms. The van der Waals surface area contributed by atoms with E-state index in [1.807, 2.05) is 24.3 Å². The third-order valence-electron chi connectivity index (χ3n) is 6.33. The molecular weight excluding hydrogens is 424 g/mol. The van der Waals surface area contributed by atoms with E-state index < -0.39 is 18.2 Å². The molecular formula is C25H28N2O6. The maximum absolute atomic E-state index is 12.7.